The number of benzene rings is 2. The van der Waals surface area contributed by atoms with E-state index in [0.29, 0.717) is 29.6 Å². The highest BCUT2D eigenvalue weighted by Crippen LogP contribution is 2.44. The number of aliphatic hydroxyl groups is 1. The Balaban J connectivity index is 1.50. The van der Waals surface area contributed by atoms with Crippen LogP contribution in [0.3, 0.4) is 0 Å². The van der Waals surface area contributed by atoms with Gasteiger partial charge in [0.2, 0.25) is 0 Å². The second kappa shape index (κ2) is 12.2. The standard InChI is InChI=1S/C29H36ClN3O5/c1-2-3-5-20-12-14-29(15-13-20)19-32(24-7-4-6-23(30)16-24)28(38)33(29)18-21-8-10-22(11-9-21)26(35)31-17-25(34)27(36)37/h4,6-11,16,20,25,34H,2-3,5,12-15,17-19H2,1H3,(H,31,35)(H,36,37). The molecular weight excluding hydrogens is 506 g/mol. The zero-order valence-electron chi connectivity index (χ0n) is 21.7. The van der Waals surface area contributed by atoms with Crippen molar-refractivity contribution >= 4 is 35.2 Å². The van der Waals surface area contributed by atoms with Crippen LogP contribution in [0.15, 0.2) is 48.5 Å². The van der Waals surface area contributed by atoms with Crippen molar-refractivity contribution in [2.24, 2.45) is 5.92 Å². The SMILES string of the molecule is CCCCC1CCC2(CC1)CN(c1cccc(Cl)c1)C(=O)N2Cc1ccc(C(=O)NCC(O)C(=O)O)cc1. The zero-order chi connectivity index (χ0) is 27.3. The summed E-state index contributed by atoms with van der Waals surface area (Å²) in [7, 11) is 0. The van der Waals surface area contributed by atoms with Gasteiger partial charge in [0.1, 0.15) is 0 Å². The van der Waals surface area contributed by atoms with E-state index in [0.717, 1.165) is 36.9 Å². The third-order valence-electron chi connectivity index (χ3n) is 7.91. The summed E-state index contributed by atoms with van der Waals surface area (Å²) in [5, 5.41) is 21.2. The maximum atomic E-state index is 13.8. The number of anilines is 1. The minimum Gasteiger partial charge on any atom is -0.479 e. The van der Waals surface area contributed by atoms with Crippen molar-refractivity contribution in [3.63, 3.8) is 0 Å². The molecule has 1 atom stereocenters. The van der Waals surface area contributed by atoms with Gasteiger partial charge in [-0.25, -0.2) is 9.59 Å². The van der Waals surface area contributed by atoms with Crippen LogP contribution in [-0.2, 0) is 11.3 Å². The normalized spacial score (nSPS) is 22.1. The molecule has 4 rings (SSSR count). The molecule has 2 aliphatic rings. The number of urea groups is 1. The molecule has 1 saturated carbocycles. The summed E-state index contributed by atoms with van der Waals surface area (Å²) in [6.07, 6.45) is 6.14. The first-order valence-corrected chi connectivity index (χ1v) is 13.7. The molecule has 0 bridgehead atoms. The fourth-order valence-electron chi connectivity index (χ4n) is 5.62. The highest BCUT2D eigenvalue weighted by Gasteiger charge is 2.51. The minimum absolute atomic E-state index is 0.0382. The molecule has 1 aliphatic heterocycles. The molecule has 1 heterocycles. The summed E-state index contributed by atoms with van der Waals surface area (Å²) in [6, 6.07) is 14.3. The van der Waals surface area contributed by atoms with E-state index in [1.807, 2.05) is 40.1 Å². The molecule has 1 saturated heterocycles. The fraction of sp³-hybridized carbons (Fsp3) is 0.483. The third-order valence-corrected chi connectivity index (χ3v) is 8.14. The predicted octanol–water partition coefficient (Wildman–Crippen LogP) is 5.08. The molecule has 2 aromatic rings. The first-order valence-electron chi connectivity index (χ1n) is 13.3. The molecule has 1 aliphatic carbocycles. The lowest BCUT2D eigenvalue weighted by molar-refractivity contribution is -0.146. The van der Waals surface area contributed by atoms with E-state index < -0.39 is 18.0 Å². The monoisotopic (exact) mass is 541 g/mol. The van der Waals surface area contributed by atoms with Gasteiger partial charge in [-0.2, -0.15) is 0 Å². The van der Waals surface area contributed by atoms with Crippen molar-refractivity contribution in [1.82, 2.24) is 10.2 Å². The van der Waals surface area contributed by atoms with E-state index in [-0.39, 0.29) is 18.1 Å². The molecule has 38 heavy (non-hydrogen) atoms. The number of hydrogen-bond acceptors (Lipinski definition) is 4. The summed E-state index contributed by atoms with van der Waals surface area (Å²) in [4.78, 5) is 40.8. The van der Waals surface area contributed by atoms with Gasteiger partial charge < -0.3 is 20.4 Å². The van der Waals surface area contributed by atoms with Crippen molar-refractivity contribution < 1.29 is 24.6 Å². The number of unbranched alkanes of at least 4 members (excludes halogenated alkanes) is 1. The Kier molecular flexibility index (Phi) is 8.95. The van der Waals surface area contributed by atoms with Gasteiger partial charge in [0.05, 0.1) is 18.6 Å². The average Bonchev–Trinajstić information content (AvgIpc) is 3.18. The molecule has 0 aromatic heterocycles. The van der Waals surface area contributed by atoms with Gasteiger partial charge in [-0.1, -0.05) is 56.0 Å². The summed E-state index contributed by atoms with van der Waals surface area (Å²) in [5.41, 5.74) is 1.80. The van der Waals surface area contributed by atoms with E-state index in [4.69, 9.17) is 16.7 Å². The molecule has 2 aromatic carbocycles. The largest absolute Gasteiger partial charge is 0.479 e. The van der Waals surface area contributed by atoms with Crippen molar-refractivity contribution in [3.05, 3.63) is 64.7 Å². The van der Waals surface area contributed by atoms with Crippen molar-refractivity contribution in [3.8, 4) is 0 Å². The average molecular weight is 542 g/mol. The molecule has 1 spiro atoms. The van der Waals surface area contributed by atoms with Crippen LogP contribution in [0.5, 0.6) is 0 Å². The van der Waals surface area contributed by atoms with Gasteiger partial charge in [-0.05, 0) is 67.5 Å². The van der Waals surface area contributed by atoms with Gasteiger partial charge in [0.25, 0.3) is 5.91 Å². The lowest BCUT2D eigenvalue weighted by Crippen LogP contribution is -2.49. The Bertz CT molecular complexity index is 1150. The topological polar surface area (TPSA) is 110 Å². The molecule has 0 radical (unpaired) electrons. The quantitative estimate of drug-likeness (QED) is 0.388. The lowest BCUT2D eigenvalue weighted by atomic mass is 9.74. The maximum Gasteiger partial charge on any atom is 0.334 e. The predicted molar refractivity (Wildman–Crippen MR) is 146 cm³/mol. The van der Waals surface area contributed by atoms with Gasteiger partial charge in [-0.15, -0.1) is 0 Å². The fourth-order valence-corrected chi connectivity index (χ4v) is 5.81. The number of carbonyl (C=O) groups is 3. The number of nitrogens with one attached hydrogen (secondary N) is 1. The van der Waals surface area contributed by atoms with E-state index in [1.54, 1.807) is 18.2 Å². The minimum atomic E-state index is -1.66. The van der Waals surface area contributed by atoms with Crippen molar-refractivity contribution in [1.29, 1.82) is 0 Å². The first kappa shape index (κ1) is 27.9. The number of hydrogen-bond donors (Lipinski definition) is 3. The van der Waals surface area contributed by atoms with E-state index in [1.165, 1.54) is 19.3 Å². The second-order valence-electron chi connectivity index (χ2n) is 10.5. The van der Waals surface area contributed by atoms with Crippen molar-refractivity contribution in [2.45, 2.75) is 70.1 Å². The van der Waals surface area contributed by atoms with Crippen LogP contribution in [0.1, 0.15) is 67.8 Å². The Morgan fingerprint density at radius 1 is 1.16 bits per heavy atom. The van der Waals surface area contributed by atoms with Crippen LogP contribution in [0, 0.1) is 5.92 Å². The highest BCUT2D eigenvalue weighted by atomic mass is 35.5. The number of halogens is 1. The van der Waals surface area contributed by atoms with Crippen LogP contribution >= 0.6 is 11.6 Å². The van der Waals surface area contributed by atoms with Crippen LogP contribution in [0.2, 0.25) is 5.02 Å². The third kappa shape index (κ3) is 6.30. The molecule has 8 nitrogen and oxygen atoms in total. The molecule has 204 valence electrons. The van der Waals surface area contributed by atoms with E-state index >= 15 is 0 Å². The van der Waals surface area contributed by atoms with Gasteiger partial charge in [0.15, 0.2) is 6.10 Å². The van der Waals surface area contributed by atoms with Crippen LogP contribution < -0.4 is 10.2 Å². The van der Waals surface area contributed by atoms with Gasteiger partial charge in [0, 0.05) is 22.8 Å². The van der Waals surface area contributed by atoms with Crippen LogP contribution in [-0.4, -0.2) is 57.8 Å². The van der Waals surface area contributed by atoms with E-state index in [9.17, 15) is 19.5 Å². The number of aliphatic hydroxyl groups excluding tert-OH is 1. The number of rotatable bonds is 10. The molecule has 9 heteroatoms. The lowest BCUT2D eigenvalue weighted by Gasteiger charge is -2.42. The summed E-state index contributed by atoms with van der Waals surface area (Å²) >= 11 is 6.25. The number of aliphatic carboxylic acids is 1. The summed E-state index contributed by atoms with van der Waals surface area (Å²) in [5.74, 6) is -1.16. The molecule has 3 amide bonds. The Labute approximate surface area is 228 Å². The van der Waals surface area contributed by atoms with Gasteiger partial charge >= 0.3 is 12.0 Å². The Hall–Kier alpha value is -3.10. The smallest absolute Gasteiger partial charge is 0.334 e. The van der Waals surface area contributed by atoms with Gasteiger partial charge in [-0.3, -0.25) is 9.69 Å². The van der Waals surface area contributed by atoms with Crippen LogP contribution in [0.4, 0.5) is 10.5 Å². The summed E-state index contributed by atoms with van der Waals surface area (Å²) < 4.78 is 0. The number of carboxylic acids is 1. The molecular formula is C29H36ClN3O5. The van der Waals surface area contributed by atoms with Crippen LogP contribution in [0.25, 0.3) is 0 Å². The summed E-state index contributed by atoms with van der Waals surface area (Å²) in [6.45, 7) is 2.90. The number of carbonyl (C=O) groups excluding carboxylic acids is 2. The Morgan fingerprint density at radius 2 is 1.87 bits per heavy atom. The van der Waals surface area contributed by atoms with Crippen molar-refractivity contribution in [2.75, 3.05) is 18.0 Å². The molecule has 1 unspecified atom stereocenters. The number of carboxylic acid groups (broad SMARTS) is 1. The molecule has 3 N–H and O–H groups in total. The van der Waals surface area contributed by atoms with E-state index in [2.05, 4.69) is 12.2 Å². The zero-order valence-corrected chi connectivity index (χ0v) is 22.5. The highest BCUT2D eigenvalue weighted by molar-refractivity contribution is 6.30. The Morgan fingerprint density at radius 3 is 2.50 bits per heavy atom. The first-order chi connectivity index (χ1) is 18.2. The number of amides is 3. The maximum absolute atomic E-state index is 13.8. The second-order valence-corrected chi connectivity index (χ2v) is 10.9. The molecule has 2 fully saturated rings. The number of nitrogens with zero attached hydrogens (tertiary/aromatic N) is 2.